The molecule has 0 aliphatic carbocycles. The average Bonchev–Trinajstić information content (AvgIpc) is 2.65. The molecule has 1 aliphatic heterocycles. The SMILES string of the molecule is COCC1(C(=O)NCc2ccc(OCC(F)(F)F)c(OC)c2)CCNCC1.Cl. The maximum Gasteiger partial charge on any atom is 0.422 e. The molecule has 6 nitrogen and oxygen atoms in total. The number of piperidine rings is 1. The number of methoxy groups -OCH3 is 2. The first-order valence-corrected chi connectivity index (χ1v) is 8.64. The van der Waals surface area contributed by atoms with Crippen LogP contribution < -0.4 is 20.1 Å². The van der Waals surface area contributed by atoms with Crippen molar-refractivity contribution in [2.45, 2.75) is 25.6 Å². The Morgan fingerprint density at radius 2 is 1.89 bits per heavy atom. The van der Waals surface area contributed by atoms with Crippen LogP contribution in [0, 0.1) is 5.41 Å². The number of rotatable bonds is 8. The molecule has 1 saturated heterocycles. The van der Waals surface area contributed by atoms with Gasteiger partial charge in [0.05, 0.1) is 19.1 Å². The number of amides is 1. The fourth-order valence-corrected chi connectivity index (χ4v) is 3.09. The third kappa shape index (κ3) is 6.72. The maximum absolute atomic E-state index is 12.7. The number of hydrogen-bond donors (Lipinski definition) is 2. The highest BCUT2D eigenvalue weighted by atomic mass is 35.5. The molecule has 0 bridgehead atoms. The smallest absolute Gasteiger partial charge is 0.422 e. The van der Waals surface area contributed by atoms with Gasteiger partial charge in [-0.3, -0.25) is 4.79 Å². The lowest BCUT2D eigenvalue weighted by Crippen LogP contribution is -2.49. The van der Waals surface area contributed by atoms with Crippen molar-refractivity contribution in [3.63, 3.8) is 0 Å². The lowest BCUT2D eigenvalue weighted by molar-refractivity contribution is -0.153. The molecule has 10 heteroatoms. The molecule has 0 radical (unpaired) electrons. The molecule has 1 heterocycles. The normalized spacial score (nSPS) is 16.0. The fourth-order valence-electron chi connectivity index (χ4n) is 3.09. The van der Waals surface area contributed by atoms with Crippen LogP contribution in [0.3, 0.4) is 0 Å². The Balaban J connectivity index is 0.00000392. The standard InChI is InChI=1S/C18H25F3N2O4.ClH/c1-25-11-17(5-7-22-8-6-17)16(24)23-10-13-3-4-14(15(9-13)26-2)27-12-18(19,20)21;/h3-4,9,22H,5-8,10-12H2,1-2H3,(H,23,24);1H. The van der Waals surface area contributed by atoms with Crippen LogP contribution in [0.15, 0.2) is 18.2 Å². The predicted molar refractivity (Wildman–Crippen MR) is 100 cm³/mol. The van der Waals surface area contributed by atoms with Crippen molar-refractivity contribution in [3.8, 4) is 11.5 Å². The van der Waals surface area contributed by atoms with Gasteiger partial charge in [0.15, 0.2) is 18.1 Å². The van der Waals surface area contributed by atoms with Crippen LogP contribution in [0.2, 0.25) is 0 Å². The zero-order valence-electron chi connectivity index (χ0n) is 15.9. The molecule has 2 N–H and O–H groups in total. The van der Waals surface area contributed by atoms with E-state index in [9.17, 15) is 18.0 Å². The Bertz CT molecular complexity index is 632. The minimum absolute atomic E-state index is 0. The van der Waals surface area contributed by atoms with E-state index in [1.54, 1.807) is 19.2 Å². The first-order chi connectivity index (χ1) is 12.8. The number of alkyl halides is 3. The fraction of sp³-hybridized carbons (Fsp3) is 0.611. The molecular weight excluding hydrogens is 401 g/mol. The van der Waals surface area contributed by atoms with Crippen molar-refractivity contribution in [2.24, 2.45) is 5.41 Å². The topological polar surface area (TPSA) is 68.8 Å². The highest BCUT2D eigenvalue weighted by molar-refractivity contribution is 5.85. The minimum atomic E-state index is -4.43. The van der Waals surface area contributed by atoms with E-state index in [1.807, 2.05) is 0 Å². The molecule has 1 aromatic rings. The summed E-state index contributed by atoms with van der Waals surface area (Å²) in [4.78, 5) is 12.7. The number of carbonyl (C=O) groups excluding carboxylic acids is 1. The van der Waals surface area contributed by atoms with E-state index >= 15 is 0 Å². The summed E-state index contributed by atoms with van der Waals surface area (Å²) >= 11 is 0. The van der Waals surface area contributed by atoms with Gasteiger partial charge >= 0.3 is 6.18 Å². The lowest BCUT2D eigenvalue weighted by Gasteiger charge is -2.35. The highest BCUT2D eigenvalue weighted by Gasteiger charge is 2.39. The number of benzene rings is 1. The van der Waals surface area contributed by atoms with Gasteiger partial charge in [-0.15, -0.1) is 12.4 Å². The van der Waals surface area contributed by atoms with E-state index in [4.69, 9.17) is 14.2 Å². The van der Waals surface area contributed by atoms with Crippen molar-refractivity contribution in [2.75, 3.05) is 40.5 Å². The zero-order chi connectivity index (χ0) is 19.9. The van der Waals surface area contributed by atoms with E-state index in [0.29, 0.717) is 25.0 Å². The number of nitrogens with one attached hydrogen (secondary N) is 2. The second-order valence-electron chi connectivity index (χ2n) is 6.54. The molecule has 0 saturated carbocycles. The highest BCUT2D eigenvalue weighted by Crippen LogP contribution is 2.31. The summed E-state index contributed by atoms with van der Waals surface area (Å²) in [7, 11) is 2.92. The number of hydrogen-bond acceptors (Lipinski definition) is 5. The van der Waals surface area contributed by atoms with E-state index in [1.165, 1.54) is 13.2 Å². The number of carbonyl (C=O) groups is 1. The van der Waals surface area contributed by atoms with Crippen molar-refractivity contribution in [1.29, 1.82) is 0 Å². The molecule has 0 spiro atoms. The Labute approximate surface area is 168 Å². The largest absolute Gasteiger partial charge is 0.493 e. The second kappa shape index (κ2) is 10.7. The van der Waals surface area contributed by atoms with Gasteiger partial charge < -0.3 is 24.8 Å². The number of halogens is 4. The molecule has 1 aliphatic rings. The summed E-state index contributed by atoms with van der Waals surface area (Å²) in [5.41, 5.74) is 0.126. The maximum atomic E-state index is 12.7. The molecule has 0 atom stereocenters. The summed E-state index contributed by atoms with van der Waals surface area (Å²) in [5, 5.41) is 6.12. The van der Waals surface area contributed by atoms with E-state index in [2.05, 4.69) is 10.6 Å². The molecule has 0 unspecified atom stereocenters. The summed E-state index contributed by atoms with van der Waals surface area (Å²) in [6.07, 6.45) is -3.07. The van der Waals surface area contributed by atoms with Crippen LogP contribution >= 0.6 is 12.4 Å². The Morgan fingerprint density at radius 3 is 2.46 bits per heavy atom. The Kier molecular flexibility index (Phi) is 9.32. The van der Waals surface area contributed by atoms with Gasteiger partial charge in [0.2, 0.25) is 5.91 Å². The zero-order valence-corrected chi connectivity index (χ0v) is 16.7. The van der Waals surface area contributed by atoms with Crippen molar-refractivity contribution >= 4 is 18.3 Å². The quantitative estimate of drug-likeness (QED) is 0.669. The van der Waals surface area contributed by atoms with Gasteiger partial charge in [-0.1, -0.05) is 6.07 Å². The average molecular weight is 427 g/mol. The van der Waals surface area contributed by atoms with Gasteiger partial charge in [-0.2, -0.15) is 13.2 Å². The van der Waals surface area contributed by atoms with E-state index in [-0.39, 0.29) is 36.4 Å². The molecule has 160 valence electrons. The van der Waals surface area contributed by atoms with Gasteiger partial charge in [-0.25, -0.2) is 0 Å². The number of ether oxygens (including phenoxy) is 3. The molecule has 2 rings (SSSR count). The van der Waals surface area contributed by atoms with Gasteiger partial charge in [0, 0.05) is 13.7 Å². The van der Waals surface area contributed by atoms with Crippen LogP contribution in [-0.2, 0) is 16.1 Å². The predicted octanol–water partition coefficient (Wildman–Crippen LogP) is 2.69. The summed E-state index contributed by atoms with van der Waals surface area (Å²) in [6.45, 7) is 0.667. The summed E-state index contributed by atoms with van der Waals surface area (Å²) in [6, 6.07) is 4.55. The first kappa shape index (κ1) is 24.3. The van der Waals surface area contributed by atoms with Crippen LogP contribution in [-0.4, -0.2) is 52.6 Å². The second-order valence-corrected chi connectivity index (χ2v) is 6.54. The van der Waals surface area contributed by atoms with Crippen LogP contribution in [0.5, 0.6) is 11.5 Å². The van der Waals surface area contributed by atoms with E-state index < -0.39 is 18.2 Å². The lowest BCUT2D eigenvalue weighted by atomic mass is 9.78. The van der Waals surface area contributed by atoms with Crippen molar-refractivity contribution in [1.82, 2.24) is 10.6 Å². The van der Waals surface area contributed by atoms with E-state index in [0.717, 1.165) is 13.1 Å². The van der Waals surface area contributed by atoms with Gasteiger partial charge in [0.25, 0.3) is 0 Å². The molecule has 28 heavy (non-hydrogen) atoms. The summed E-state index contributed by atoms with van der Waals surface area (Å²) in [5.74, 6) is 0.0841. The van der Waals surface area contributed by atoms with Gasteiger partial charge in [-0.05, 0) is 43.6 Å². The Morgan fingerprint density at radius 1 is 1.21 bits per heavy atom. The first-order valence-electron chi connectivity index (χ1n) is 8.64. The molecule has 1 fully saturated rings. The van der Waals surface area contributed by atoms with Gasteiger partial charge in [0.1, 0.15) is 0 Å². The van der Waals surface area contributed by atoms with Crippen LogP contribution in [0.1, 0.15) is 18.4 Å². The third-order valence-corrected chi connectivity index (χ3v) is 4.54. The third-order valence-electron chi connectivity index (χ3n) is 4.54. The van der Waals surface area contributed by atoms with Crippen molar-refractivity contribution in [3.05, 3.63) is 23.8 Å². The van der Waals surface area contributed by atoms with Crippen LogP contribution in [0.25, 0.3) is 0 Å². The monoisotopic (exact) mass is 426 g/mol. The molecule has 1 aromatic carbocycles. The molecular formula is C18H26ClF3N2O4. The molecule has 1 amide bonds. The summed E-state index contributed by atoms with van der Waals surface area (Å²) < 4.78 is 52.0. The Hall–Kier alpha value is -1.71. The van der Waals surface area contributed by atoms with Crippen molar-refractivity contribution < 1.29 is 32.2 Å². The van der Waals surface area contributed by atoms with Crippen LogP contribution in [0.4, 0.5) is 13.2 Å². The minimum Gasteiger partial charge on any atom is -0.493 e. The molecule has 0 aromatic heterocycles.